The lowest BCUT2D eigenvalue weighted by atomic mass is 10.1. The summed E-state index contributed by atoms with van der Waals surface area (Å²) in [6, 6.07) is 8.64. The zero-order valence-corrected chi connectivity index (χ0v) is 18.0. The second-order valence-electron chi connectivity index (χ2n) is 6.79. The molecule has 0 aliphatic carbocycles. The molecular formula is C24H27F2NO4. The van der Waals surface area contributed by atoms with E-state index in [4.69, 9.17) is 9.47 Å². The Morgan fingerprint density at radius 1 is 1.03 bits per heavy atom. The summed E-state index contributed by atoms with van der Waals surface area (Å²) in [6.07, 6.45) is 2.46. The first-order chi connectivity index (χ1) is 14.9. The van der Waals surface area contributed by atoms with E-state index in [2.05, 4.69) is 0 Å². The second-order valence-corrected chi connectivity index (χ2v) is 6.79. The number of ether oxygens (including phenoxy) is 2. The Labute approximate surface area is 181 Å². The lowest BCUT2D eigenvalue weighted by Gasteiger charge is -2.17. The van der Waals surface area contributed by atoms with Gasteiger partial charge in [0, 0.05) is 25.6 Å². The van der Waals surface area contributed by atoms with Gasteiger partial charge in [-0.1, -0.05) is 12.1 Å². The van der Waals surface area contributed by atoms with Crippen LogP contribution in [0.25, 0.3) is 5.57 Å². The van der Waals surface area contributed by atoms with E-state index in [1.807, 2.05) is 13.8 Å². The van der Waals surface area contributed by atoms with Gasteiger partial charge in [0.15, 0.2) is 11.5 Å². The third-order valence-electron chi connectivity index (χ3n) is 4.74. The molecule has 0 saturated carbocycles. The molecule has 0 aromatic heterocycles. The zero-order chi connectivity index (χ0) is 22.8. The summed E-state index contributed by atoms with van der Waals surface area (Å²) in [5.74, 6) is -0.900. The van der Waals surface area contributed by atoms with Crippen LogP contribution in [0, 0.1) is 11.6 Å². The quantitative estimate of drug-likeness (QED) is 0.292. The summed E-state index contributed by atoms with van der Waals surface area (Å²) in [5.41, 5.74) is 1.26. The molecule has 0 aliphatic rings. The number of benzene rings is 2. The van der Waals surface area contributed by atoms with Crippen molar-refractivity contribution in [2.24, 2.45) is 0 Å². The summed E-state index contributed by atoms with van der Waals surface area (Å²) in [4.78, 5) is 24.7. The highest BCUT2D eigenvalue weighted by atomic mass is 19.1. The highest BCUT2D eigenvalue weighted by Gasteiger charge is 2.14. The summed E-state index contributed by atoms with van der Waals surface area (Å²) in [5, 5.41) is 0. The maximum atomic E-state index is 13.9. The van der Waals surface area contributed by atoms with Crippen LogP contribution >= 0.6 is 0 Å². The predicted molar refractivity (Wildman–Crippen MR) is 115 cm³/mol. The Balaban J connectivity index is 2.28. The second kappa shape index (κ2) is 11.8. The zero-order valence-electron chi connectivity index (χ0n) is 18.0. The molecular weight excluding hydrogens is 404 g/mol. The van der Waals surface area contributed by atoms with E-state index in [-0.39, 0.29) is 36.9 Å². The maximum Gasteiger partial charge on any atom is 0.246 e. The first-order valence-corrected chi connectivity index (χ1v) is 10.1. The lowest BCUT2D eigenvalue weighted by molar-refractivity contribution is -0.125. The number of nitrogens with zero attached hydrogens (tertiary/aromatic N) is 1. The Morgan fingerprint density at radius 3 is 2.32 bits per heavy atom. The summed E-state index contributed by atoms with van der Waals surface area (Å²) < 4.78 is 39.0. The minimum Gasteiger partial charge on any atom is -0.489 e. The minimum atomic E-state index is -0.700. The van der Waals surface area contributed by atoms with Crippen molar-refractivity contribution in [1.29, 1.82) is 0 Å². The van der Waals surface area contributed by atoms with Crippen LogP contribution in [0.3, 0.4) is 0 Å². The van der Waals surface area contributed by atoms with Crippen molar-refractivity contribution >= 4 is 17.8 Å². The van der Waals surface area contributed by atoms with Crippen molar-refractivity contribution in [3.8, 4) is 11.5 Å². The first kappa shape index (κ1) is 24.1. The Kier molecular flexibility index (Phi) is 9.18. The average Bonchev–Trinajstić information content (AvgIpc) is 2.75. The number of amides is 1. The summed E-state index contributed by atoms with van der Waals surface area (Å²) >= 11 is 0. The van der Waals surface area contributed by atoms with Crippen LogP contribution in [0.4, 0.5) is 8.78 Å². The number of likely N-dealkylation sites (N-methyl/N-ethyl adjacent to an activating group) is 1. The third-order valence-corrected chi connectivity index (χ3v) is 4.74. The number of carbonyl (C=O) groups excluding carboxylic acids is 2. The molecule has 0 heterocycles. The molecule has 2 rings (SSSR count). The molecule has 7 heteroatoms. The van der Waals surface area contributed by atoms with Crippen LogP contribution in [-0.4, -0.2) is 36.8 Å². The summed E-state index contributed by atoms with van der Waals surface area (Å²) in [7, 11) is 0. The maximum absolute atomic E-state index is 13.9. The van der Waals surface area contributed by atoms with Crippen molar-refractivity contribution < 1.29 is 27.8 Å². The van der Waals surface area contributed by atoms with Gasteiger partial charge in [-0.25, -0.2) is 8.78 Å². The number of rotatable bonds is 11. The van der Waals surface area contributed by atoms with E-state index >= 15 is 0 Å². The van der Waals surface area contributed by atoms with Gasteiger partial charge in [0.2, 0.25) is 5.91 Å². The van der Waals surface area contributed by atoms with Crippen LogP contribution in [0.5, 0.6) is 11.5 Å². The van der Waals surface area contributed by atoms with Crippen LogP contribution in [0.2, 0.25) is 0 Å². The smallest absolute Gasteiger partial charge is 0.246 e. The first-order valence-electron chi connectivity index (χ1n) is 10.1. The predicted octanol–water partition coefficient (Wildman–Crippen LogP) is 4.78. The largest absolute Gasteiger partial charge is 0.489 e. The van der Waals surface area contributed by atoms with Gasteiger partial charge >= 0.3 is 0 Å². The van der Waals surface area contributed by atoms with Crippen LogP contribution < -0.4 is 9.47 Å². The molecule has 166 valence electrons. The Bertz CT molecular complexity index is 919. The molecule has 0 saturated heterocycles. The van der Waals surface area contributed by atoms with Gasteiger partial charge in [-0.15, -0.1) is 0 Å². The molecule has 0 N–H and O–H groups in total. The normalized spacial score (nSPS) is 11.2. The molecule has 1 amide bonds. The molecule has 0 atom stereocenters. The van der Waals surface area contributed by atoms with E-state index in [1.54, 1.807) is 36.1 Å². The molecule has 0 unspecified atom stereocenters. The molecule has 5 nitrogen and oxygen atoms in total. The number of aldehydes is 1. The SMILES string of the molecule is CCN(CC)C(=O)/C=C(\C)c1ccc(OCc2c(F)cccc2F)c(OCCC=O)c1. The molecule has 0 spiro atoms. The van der Waals surface area contributed by atoms with E-state index in [0.29, 0.717) is 18.8 Å². The van der Waals surface area contributed by atoms with Crippen molar-refractivity contribution in [3.05, 3.63) is 65.2 Å². The molecule has 0 fully saturated rings. The Morgan fingerprint density at radius 2 is 1.71 bits per heavy atom. The summed E-state index contributed by atoms with van der Waals surface area (Å²) in [6.45, 7) is 6.65. The van der Waals surface area contributed by atoms with Gasteiger partial charge in [-0.2, -0.15) is 0 Å². The Hall–Kier alpha value is -3.22. The minimum absolute atomic E-state index is 0.0960. The molecule has 2 aromatic carbocycles. The van der Waals surface area contributed by atoms with Crippen LogP contribution in [-0.2, 0) is 16.2 Å². The van der Waals surface area contributed by atoms with Crippen LogP contribution in [0.15, 0.2) is 42.5 Å². The van der Waals surface area contributed by atoms with Gasteiger partial charge in [0.25, 0.3) is 0 Å². The van der Waals surface area contributed by atoms with Gasteiger partial charge in [-0.05, 0) is 56.2 Å². The molecule has 0 bridgehead atoms. The van der Waals surface area contributed by atoms with Crippen molar-refractivity contribution in [2.75, 3.05) is 19.7 Å². The number of carbonyl (C=O) groups is 2. The fourth-order valence-corrected chi connectivity index (χ4v) is 2.92. The van der Waals surface area contributed by atoms with Gasteiger partial charge in [-0.3, -0.25) is 4.79 Å². The van der Waals surface area contributed by atoms with E-state index in [9.17, 15) is 18.4 Å². The number of allylic oxidation sites excluding steroid dienone is 1. The van der Waals surface area contributed by atoms with Gasteiger partial charge in [0.05, 0.1) is 12.2 Å². The molecule has 0 radical (unpaired) electrons. The van der Waals surface area contributed by atoms with Crippen molar-refractivity contribution in [2.45, 2.75) is 33.8 Å². The number of halogens is 2. The third kappa shape index (κ3) is 6.64. The molecule has 2 aromatic rings. The molecule has 0 aliphatic heterocycles. The molecule has 31 heavy (non-hydrogen) atoms. The lowest BCUT2D eigenvalue weighted by Crippen LogP contribution is -2.28. The standard InChI is InChI=1S/C24H27F2NO4/c1-4-27(5-2)24(29)14-17(3)18-10-11-22(23(15-18)30-13-7-12-28)31-16-19-20(25)8-6-9-21(19)26/h6,8-12,14-15H,4-5,7,13,16H2,1-3H3/b17-14+. The number of hydrogen-bond donors (Lipinski definition) is 0. The monoisotopic (exact) mass is 431 g/mol. The average molecular weight is 431 g/mol. The van der Waals surface area contributed by atoms with E-state index < -0.39 is 11.6 Å². The van der Waals surface area contributed by atoms with Crippen LogP contribution in [0.1, 0.15) is 38.3 Å². The topological polar surface area (TPSA) is 55.8 Å². The fraction of sp³-hybridized carbons (Fsp3) is 0.333. The van der Waals surface area contributed by atoms with Crippen molar-refractivity contribution in [3.63, 3.8) is 0 Å². The van der Waals surface area contributed by atoms with E-state index in [0.717, 1.165) is 29.6 Å². The van der Waals surface area contributed by atoms with Gasteiger partial charge in [0.1, 0.15) is 24.5 Å². The fourth-order valence-electron chi connectivity index (χ4n) is 2.92. The highest BCUT2D eigenvalue weighted by molar-refractivity contribution is 5.95. The highest BCUT2D eigenvalue weighted by Crippen LogP contribution is 2.32. The number of hydrogen-bond acceptors (Lipinski definition) is 4. The van der Waals surface area contributed by atoms with Gasteiger partial charge < -0.3 is 19.2 Å². The van der Waals surface area contributed by atoms with E-state index in [1.165, 1.54) is 6.07 Å². The van der Waals surface area contributed by atoms with Crippen molar-refractivity contribution in [1.82, 2.24) is 4.90 Å².